The molecule has 0 spiro atoms. The molecule has 0 aliphatic heterocycles. The van der Waals surface area contributed by atoms with Gasteiger partial charge in [0.25, 0.3) is 0 Å². The van der Waals surface area contributed by atoms with Crippen molar-refractivity contribution >= 4 is 11.7 Å². The van der Waals surface area contributed by atoms with E-state index in [1.54, 1.807) is 6.20 Å². The van der Waals surface area contributed by atoms with E-state index < -0.39 is 5.97 Å². The van der Waals surface area contributed by atoms with E-state index in [9.17, 15) is 4.79 Å². The highest BCUT2D eigenvalue weighted by molar-refractivity contribution is 5.75. The first-order chi connectivity index (χ1) is 7.59. The zero-order chi connectivity index (χ0) is 11.7. The molecular formula is C12H16N2O2. The molecule has 4 heteroatoms. The number of hydrogen-bond acceptors (Lipinski definition) is 3. The van der Waals surface area contributed by atoms with Gasteiger partial charge >= 0.3 is 5.97 Å². The summed E-state index contributed by atoms with van der Waals surface area (Å²) in [5.41, 5.74) is 3.06. The topological polar surface area (TPSA) is 53.4 Å². The minimum Gasteiger partial charge on any atom is -0.480 e. The van der Waals surface area contributed by atoms with Gasteiger partial charge in [0.05, 0.1) is 0 Å². The number of carboxylic acids is 1. The second-order valence-electron chi connectivity index (χ2n) is 4.29. The summed E-state index contributed by atoms with van der Waals surface area (Å²) < 4.78 is 0. The lowest BCUT2D eigenvalue weighted by Crippen LogP contribution is -2.32. The molecule has 1 aliphatic rings. The van der Waals surface area contributed by atoms with Gasteiger partial charge in [-0.25, -0.2) is 0 Å². The Morgan fingerprint density at radius 3 is 2.81 bits per heavy atom. The maximum Gasteiger partial charge on any atom is 0.323 e. The number of aryl methyl sites for hydroxylation is 1. The first-order valence-corrected chi connectivity index (χ1v) is 5.50. The zero-order valence-electron chi connectivity index (χ0n) is 9.60. The molecule has 0 amide bonds. The van der Waals surface area contributed by atoms with Gasteiger partial charge < -0.3 is 10.0 Å². The van der Waals surface area contributed by atoms with Crippen LogP contribution >= 0.6 is 0 Å². The number of carboxylic acid groups (broad SMARTS) is 1. The van der Waals surface area contributed by atoms with E-state index in [1.807, 2.05) is 24.8 Å². The fraction of sp³-hybridized carbons (Fsp3) is 0.500. The van der Waals surface area contributed by atoms with Gasteiger partial charge in [0, 0.05) is 23.6 Å². The maximum absolute atomic E-state index is 10.9. The largest absolute Gasteiger partial charge is 0.480 e. The number of nitrogens with zero attached hydrogens (tertiary/aromatic N) is 2. The predicted octanol–water partition coefficient (Wildman–Crippen LogP) is 1.75. The molecule has 0 bridgehead atoms. The van der Waals surface area contributed by atoms with Gasteiger partial charge in [-0.05, 0) is 38.3 Å². The molecule has 1 fully saturated rings. The average molecular weight is 220 g/mol. The molecule has 4 nitrogen and oxygen atoms in total. The molecule has 1 aromatic rings. The van der Waals surface area contributed by atoms with Crippen LogP contribution in [0, 0.1) is 13.8 Å². The number of aromatic nitrogens is 1. The van der Waals surface area contributed by atoms with Crippen LogP contribution in [0.15, 0.2) is 12.3 Å². The molecule has 1 aromatic heterocycles. The number of hydrogen-bond donors (Lipinski definition) is 1. The third kappa shape index (κ3) is 2.15. The zero-order valence-corrected chi connectivity index (χ0v) is 9.60. The molecule has 16 heavy (non-hydrogen) atoms. The van der Waals surface area contributed by atoms with Crippen LogP contribution in [0.1, 0.15) is 24.1 Å². The van der Waals surface area contributed by atoms with E-state index in [-0.39, 0.29) is 6.54 Å². The highest BCUT2D eigenvalue weighted by Crippen LogP contribution is 2.33. The number of pyridine rings is 1. The van der Waals surface area contributed by atoms with E-state index in [0.29, 0.717) is 6.04 Å². The lowest BCUT2D eigenvalue weighted by Gasteiger charge is -2.24. The molecule has 86 valence electrons. The van der Waals surface area contributed by atoms with Gasteiger partial charge in [-0.1, -0.05) is 0 Å². The standard InChI is InChI=1S/C12H16N2O2/c1-8-9(2)13-6-5-11(8)14(7-12(15)16)10-3-4-10/h5-6,10H,3-4,7H2,1-2H3,(H,15,16). The number of rotatable bonds is 4. The Labute approximate surface area is 94.9 Å². The van der Waals surface area contributed by atoms with Crippen molar-refractivity contribution in [2.24, 2.45) is 0 Å². The van der Waals surface area contributed by atoms with E-state index >= 15 is 0 Å². The second-order valence-corrected chi connectivity index (χ2v) is 4.29. The lowest BCUT2D eigenvalue weighted by molar-refractivity contribution is -0.135. The third-order valence-corrected chi connectivity index (χ3v) is 3.03. The van der Waals surface area contributed by atoms with Crippen molar-refractivity contribution in [3.63, 3.8) is 0 Å². The third-order valence-electron chi connectivity index (χ3n) is 3.03. The molecular weight excluding hydrogens is 204 g/mol. The molecule has 0 atom stereocenters. The molecule has 2 rings (SSSR count). The van der Waals surface area contributed by atoms with Gasteiger partial charge in [0.2, 0.25) is 0 Å². The number of anilines is 1. The predicted molar refractivity (Wildman–Crippen MR) is 61.7 cm³/mol. The van der Waals surface area contributed by atoms with Crippen molar-refractivity contribution in [3.8, 4) is 0 Å². The molecule has 1 saturated carbocycles. The van der Waals surface area contributed by atoms with Gasteiger partial charge in [-0.15, -0.1) is 0 Å². The van der Waals surface area contributed by atoms with E-state index in [4.69, 9.17) is 5.11 Å². The van der Waals surface area contributed by atoms with Gasteiger partial charge in [0.15, 0.2) is 0 Å². The van der Waals surface area contributed by atoms with Crippen molar-refractivity contribution in [3.05, 3.63) is 23.5 Å². The summed E-state index contributed by atoms with van der Waals surface area (Å²) >= 11 is 0. The molecule has 0 radical (unpaired) electrons. The summed E-state index contributed by atoms with van der Waals surface area (Å²) in [5, 5.41) is 8.92. The summed E-state index contributed by atoms with van der Waals surface area (Å²) in [6.07, 6.45) is 3.93. The molecule has 1 aliphatic carbocycles. The summed E-state index contributed by atoms with van der Waals surface area (Å²) in [5.74, 6) is -0.777. The first kappa shape index (κ1) is 10.9. The van der Waals surface area contributed by atoms with E-state index in [2.05, 4.69) is 4.98 Å². The Kier molecular flexibility index (Phi) is 2.81. The minimum absolute atomic E-state index is 0.0783. The van der Waals surface area contributed by atoms with Crippen molar-refractivity contribution < 1.29 is 9.90 Å². The maximum atomic E-state index is 10.9. The Bertz CT molecular complexity index is 413. The smallest absolute Gasteiger partial charge is 0.323 e. The van der Waals surface area contributed by atoms with Crippen LogP contribution < -0.4 is 4.90 Å². The molecule has 0 unspecified atom stereocenters. The second kappa shape index (κ2) is 4.12. The Hall–Kier alpha value is -1.58. The van der Waals surface area contributed by atoms with Gasteiger partial charge in [0.1, 0.15) is 6.54 Å². The summed E-state index contributed by atoms with van der Waals surface area (Å²) in [4.78, 5) is 17.0. The van der Waals surface area contributed by atoms with E-state index in [0.717, 1.165) is 29.8 Å². The summed E-state index contributed by atoms with van der Waals surface area (Å²) in [6.45, 7) is 4.02. The average Bonchev–Trinajstić information content (AvgIpc) is 3.02. The summed E-state index contributed by atoms with van der Waals surface area (Å²) in [7, 11) is 0. The van der Waals surface area contributed by atoms with Crippen molar-refractivity contribution in [1.82, 2.24) is 4.98 Å². The highest BCUT2D eigenvalue weighted by Gasteiger charge is 2.31. The molecule has 1 N–H and O–H groups in total. The van der Waals surface area contributed by atoms with Crippen LogP contribution in [-0.2, 0) is 4.79 Å². The fourth-order valence-electron chi connectivity index (χ4n) is 1.88. The van der Waals surface area contributed by atoms with Crippen LogP contribution in [0.3, 0.4) is 0 Å². The van der Waals surface area contributed by atoms with Crippen LogP contribution in [0.2, 0.25) is 0 Å². The highest BCUT2D eigenvalue weighted by atomic mass is 16.4. The SMILES string of the molecule is Cc1nccc(N(CC(=O)O)C2CC2)c1C. The Morgan fingerprint density at radius 1 is 1.56 bits per heavy atom. The Morgan fingerprint density at radius 2 is 2.25 bits per heavy atom. The molecule has 1 heterocycles. The van der Waals surface area contributed by atoms with Gasteiger partial charge in [-0.2, -0.15) is 0 Å². The van der Waals surface area contributed by atoms with Gasteiger partial charge in [-0.3, -0.25) is 9.78 Å². The van der Waals surface area contributed by atoms with E-state index in [1.165, 1.54) is 0 Å². The number of aliphatic carboxylic acids is 1. The molecule has 0 saturated heterocycles. The summed E-state index contributed by atoms with van der Waals surface area (Å²) in [6, 6.07) is 2.31. The normalized spacial score (nSPS) is 14.9. The lowest BCUT2D eigenvalue weighted by atomic mass is 10.1. The quantitative estimate of drug-likeness (QED) is 0.840. The van der Waals surface area contributed by atoms with Crippen LogP contribution in [0.5, 0.6) is 0 Å². The van der Waals surface area contributed by atoms with Crippen LogP contribution in [0.4, 0.5) is 5.69 Å². The minimum atomic E-state index is -0.777. The van der Waals surface area contributed by atoms with Crippen molar-refractivity contribution in [2.75, 3.05) is 11.4 Å². The fourth-order valence-corrected chi connectivity index (χ4v) is 1.88. The van der Waals surface area contributed by atoms with Crippen LogP contribution in [0.25, 0.3) is 0 Å². The number of carbonyl (C=O) groups is 1. The first-order valence-electron chi connectivity index (χ1n) is 5.50. The monoisotopic (exact) mass is 220 g/mol. The van der Waals surface area contributed by atoms with Crippen molar-refractivity contribution in [1.29, 1.82) is 0 Å². The molecule has 0 aromatic carbocycles. The van der Waals surface area contributed by atoms with Crippen molar-refractivity contribution in [2.45, 2.75) is 32.7 Å². The Balaban J connectivity index is 2.30. The van der Waals surface area contributed by atoms with Crippen LogP contribution in [-0.4, -0.2) is 28.6 Å².